The number of aliphatic hydroxyl groups excluding tert-OH is 1. The molecule has 7 heavy (non-hydrogen) atoms. The molecule has 4 heteroatoms. The van der Waals surface area contributed by atoms with Gasteiger partial charge in [0.25, 0.3) is 0 Å². The van der Waals surface area contributed by atoms with Crippen LogP contribution in [-0.2, 0) is 4.79 Å². The smallest absolute Gasteiger partial charge is 0.222 e. The van der Waals surface area contributed by atoms with Gasteiger partial charge in [0.15, 0.2) is 6.29 Å². The zero-order chi connectivity index (χ0) is 5.86. The molecule has 0 aromatic heterocycles. The summed E-state index contributed by atoms with van der Waals surface area (Å²) in [5.74, 6) is -0.713. The minimum absolute atomic E-state index is 0.389. The molecule has 0 fully saturated rings. The Labute approximate surface area is 40.6 Å². The number of hydrogen-bond donors (Lipinski definition) is 3. The SMILES string of the molecule is NC(=O)CC(O)O. The van der Waals surface area contributed by atoms with E-state index in [1.807, 2.05) is 0 Å². The van der Waals surface area contributed by atoms with Crippen LogP contribution < -0.4 is 5.73 Å². The summed E-state index contributed by atoms with van der Waals surface area (Å²) in [6.45, 7) is 0. The van der Waals surface area contributed by atoms with Gasteiger partial charge in [-0.05, 0) is 0 Å². The fourth-order valence-electron chi connectivity index (χ4n) is 0.180. The summed E-state index contributed by atoms with van der Waals surface area (Å²) in [6.07, 6.45) is -1.99. The number of nitrogens with two attached hydrogens (primary N) is 1. The van der Waals surface area contributed by atoms with Crippen LogP contribution in [0.4, 0.5) is 0 Å². The van der Waals surface area contributed by atoms with Crippen LogP contribution >= 0.6 is 0 Å². The van der Waals surface area contributed by atoms with E-state index < -0.39 is 12.2 Å². The summed E-state index contributed by atoms with van der Waals surface area (Å²) in [5.41, 5.74) is 4.53. The normalized spacial score (nSPS) is 9.57. The molecule has 0 bridgehead atoms. The maximum absolute atomic E-state index is 9.71. The number of amides is 1. The van der Waals surface area contributed by atoms with E-state index in [4.69, 9.17) is 10.2 Å². The van der Waals surface area contributed by atoms with E-state index >= 15 is 0 Å². The Hall–Kier alpha value is -0.610. The fraction of sp³-hybridized carbons (Fsp3) is 0.667. The first-order chi connectivity index (χ1) is 3.13. The summed E-state index contributed by atoms with van der Waals surface area (Å²) < 4.78 is 0. The van der Waals surface area contributed by atoms with Crippen molar-refractivity contribution >= 4 is 5.91 Å². The van der Waals surface area contributed by atoms with E-state index in [0.717, 1.165) is 0 Å². The van der Waals surface area contributed by atoms with Gasteiger partial charge < -0.3 is 15.9 Å². The lowest BCUT2D eigenvalue weighted by atomic mass is 10.4. The van der Waals surface area contributed by atoms with Crippen LogP contribution in [0, 0.1) is 0 Å². The molecule has 4 nitrogen and oxygen atoms in total. The molecule has 0 rings (SSSR count). The number of carbonyl (C=O) groups is 1. The number of rotatable bonds is 2. The Morgan fingerprint density at radius 1 is 1.71 bits per heavy atom. The van der Waals surface area contributed by atoms with Gasteiger partial charge in [0.1, 0.15) is 0 Å². The van der Waals surface area contributed by atoms with E-state index in [-0.39, 0.29) is 6.42 Å². The number of hydrogen-bond acceptors (Lipinski definition) is 3. The third-order valence-electron chi connectivity index (χ3n) is 0.384. The summed E-state index contributed by atoms with van der Waals surface area (Å²) in [5, 5.41) is 16.0. The Morgan fingerprint density at radius 2 is 2.14 bits per heavy atom. The monoisotopic (exact) mass is 105 g/mol. The molecule has 0 radical (unpaired) electrons. The zero-order valence-corrected chi connectivity index (χ0v) is 3.66. The molecule has 0 heterocycles. The Morgan fingerprint density at radius 3 is 2.14 bits per heavy atom. The molecule has 1 amide bonds. The molecule has 0 unspecified atom stereocenters. The summed E-state index contributed by atoms with van der Waals surface area (Å²) in [4.78, 5) is 9.71. The van der Waals surface area contributed by atoms with Gasteiger partial charge in [0, 0.05) is 0 Å². The van der Waals surface area contributed by atoms with Crippen LogP contribution in [0.3, 0.4) is 0 Å². The fourth-order valence-corrected chi connectivity index (χ4v) is 0.180. The predicted octanol–water partition coefficient (Wildman–Crippen LogP) is -1.83. The second kappa shape index (κ2) is 2.54. The topological polar surface area (TPSA) is 83.6 Å². The van der Waals surface area contributed by atoms with E-state index in [0.29, 0.717) is 0 Å². The van der Waals surface area contributed by atoms with Crippen molar-refractivity contribution in [1.82, 2.24) is 0 Å². The average molecular weight is 105 g/mol. The molecule has 0 aromatic rings. The summed E-state index contributed by atoms with van der Waals surface area (Å²) in [7, 11) is 0. The zero-order valence-electron chi connectivity index (χ0n) is 3.66. The third-order valence-corrected chi connectivity index (χ3v) is 0.384. The standard InChI is InChI=1S/C3H7NO3/c4-2(5)1-3(6)7/h3,6-7H,1H2,(H2,4,5). The first-order valence-electron chi connectivity index (χ1n) is 1.77. The first kappa shape index (κ1) is 6.39. The molecule has 0 aliphatic heterocycles. The molecule has 0 atom stereocenters. The third kappa shape index (κ3) is 5.39. The van der Waals surface area contributed by atoms with Crippen molar-refractivity contribution in [2.24, 2.45) is 5.73 Å². The Bertz CT molecular complexity index is 70.6. The second-order valence-corrected chi connectivity index (χ2v) is 1.15. The van der Waals surface area contributed by atoms with E-state index in [1.54, 1.807) is 0 Å². The van der Waals surface area contributed by atoms with Crippen molar-refractivity contribution in [3.63, 3.8) is 0 Å². The first-order valence-corrected chi connectivity index (χ1v) is 1.77. The predicted molar refractivity (Wildman–Crippen MR) is 22.0 cm³/mol. The van der Waals surface area contributed by atoms with Crippen LogP contribution in [0.1, 0.15) is 6.42 Å². The highest BCUT2D eigenvalue weighted by atomic mass is 16.5. The van der Waals surface area contributed by atoms with Crippen LogP contribution in [0.15, 0.2) is 0 Å². The molecule has 42 valence electrons. The van der Waals surface area contributed by atoms with Gasteiger partial charge in [-0.25, -0.2) is 0 Å². The number of primary amides is 1. The molecule has 0 saturated carbocycles. The number of aliphatic hydroxyl groups is 2. The van der Waals surface area contributed by atoms with Crippen molar-refractivity contribution in [2.75, 3.05) is 0 Å². The van der Waals surface area contributed by atoms with Gasteiger partial charge in [0.2, 0.25) is 5.91 Å². The quantitative estimate of drug-likeness (QED) is 0.361. The van der Waals surface area contributed by atoms with Crippen molar-refractivity contribution in [3.05, 3.63) is 0 Å². The molecule has 0 aliphatic carbocycles. The Kier molecular flexibility index (Phi) is 2.32. The maximum atomic E-state index is 9.71. The molecule has 0 saturated heterocycles. The van der Waals surface area contributed by atoms with Gasteiger partial charge in [-0.1, -0.05) is 0 Å². The van der Waals surface area contributed by atoms with Crippen molar-refractivity contribution in [3.8, 4) is 0 Å². The van der Waals surface area contributed by atoms with Gasteiger partial charge >= 0.3 is 0 Å². The second-order valence-electron chi connectivity index (χ2n) is 1.15. The largest absolute Gasteiger partial charge is 0.370 e. The maximum Gasteiger partial charge on any atom is 0.222 e. The Balaban J connectivity index is 3.13. The van der Waals surface area contributed by atoms with Gasteiger partial charge in [0.05, 0.1) is 6.42 Å². The van der Waals surface area contributed by atoms with Crippen LogP contribution in [-0.4, -0.2) is 22.4 Å². The van der Waals surface area contributed by atoms with Crippen molar-refractivity contribution < 1.29 is 15.0 Å². The molecule has 4 N–H and O–H groups in total. The number of carbonyl (C=O) groups excluding carboxylic acids is 1. The highest BCUT2D eigenvalue weighted by Gasteiger charge is 1.99. The van der Waals surface area contributed by atoms with Gasteiger partial charge in [-0.2, -0.15) is 0 Å². The van der Waals surface area contributed by atoms with E-state index in [2.05, 4.69) is 5.73 Å². The highest BCUT2D eigenvalue weighted by Crippen LogP contribution is 1.80. The van der Waals surface area contributed by atoms with Crippen LogP contribution in [0.2, 0.25) is 0 Å². The van der Waals surface area contributed by atoms with Crippen molar-refractivity contribution in [1.29, 1.82) is 0 Å². The minimum Gasteiger partial charge on any atom is -0.370 e. The molecule has 0 aliphatic rings. The van der Waals surface area contributed by atoms with Crippen molar-refractivity contribution in [2.45, 2.75) is 12.7 Å². The molecule has 0 spiro atoms. The minimum atomic E-state index is -1.60. The summed E-state index contributed by atoms with van der Waals surface area (Å²) in [6, 6.07) is 0. The lowest BCUT2D eigenvalue weighted by Crippen LogP contribution is -2.18. The average Bonchev–Trinajstić information content (AvgIpc) is 1.27. The van der Waals surface area contributed by atoms with Crippen LogP contribution in [0.25, 0.3) is 0 Å². The summed E-state index contributed by atoms with van der Waals surface area (Å²) >= 11 is 0. The molecular formula is C3H7NO3. The van der Waals surface area contributed by atoms with E-state index in [1.165, 1.54) is 0 Å². The van der Waals surface area contributed by atoms with E-state index in [9.17, 15) is 4.79 Å². The molecule has 0 aromatic carbocycles. The molecular weight excluding hydrogens is 98.0 g/mol. The van der Waals surface area contributed by atoms with Gasteiger partial charge in [-0.3, -0.25) is 4.79 Å². The van der Waals surface area contributed by atoms with Gasteiger partial charge in [-0.15, -0.1) is 0 Å². The lowest BCUT2D eigenvalue weighted by molar-refractivity contribution is -0.126. The van der Waals surface area contributed by atoms with Crippen LogP contribution in [0.5, 0.6) is 0 Å². The lowest BCUT2D eigenvalue weighted by Gasteiger charge is -1.94. The highest BCUT2D eigenvalue weighted by molar-refractivity contribution is 5.73.